The fraction of sp³-hybridized carbons (Fsp3) is 0.455. The van der Waals surface area contributed by atoms with Gasteiger partial charge in [0.25, 0.3) is 0 Å². The Kier molecular flexibility index (Phi) is 6.24. The summed E-state index contributed by atoms with van der Waals surface area (Å²) >= 11 is 1.65. The van der Waals surface area contributed by atoms with E-state index in [1.54, 1.807) is 18.4 Å². The van der Waals surface area contributed by atoms with Crippen LogP contribution in [0.25, 0.3) is 4.96 Å². The first-order valence-corrected chi connectivity index (χ1v) is 11.1. The summed E-state index contributed by atoms with van der Waals surface area (Å²) in [5.74, 6) is 1.76. The summed E-state index contributed by atoms with van der Waals surface area (Å²) in [7, 11) is 1.67. The van der Waals surface area contributed by atoms with Crippen LogP contribution in [0.1, 0.15) is 35.9 Å². The largest absolute Gasteiger partial charge is 0.497 e. The number of aromatic nitrogens is 2. The lowest BCUT2D eigenvalue weighted by Crippen LogP contribution is -2.35. The van der Waals surface area contributed by atoms with E-state index in [9.17, 15) is 4.79 Å². The second kappa shape index (κ2) is 9.06. The number of methoxy groups -OCH3 is 1. The first kappa shape index (κ1) is 20.7. The molecule has 1 N–H and O–H groups in total. The summed E-state index contributed by atoms with van der Waals surface area (Å²) in [5.41, 5.74) is 1.98. The molecule has 7 nitrogen and oxygen atoms in total. The number of benzene rings is 1. The average Bonchev–Trinajstić information content (AvgIpc) is 3.20. The van der Waals surface area contributed by atoms with Crippen LogP contribution >= 0.6 is 11.3 Å². The standard InChI is InChI=1S/C22H28N4O3S/c1-4-18-14-25(12-16-9-19(28-3)5-6-20(16)29-18)8-7-21(27)23-10-17-13-26-11-15(2)30-22(26)24-17/h5-6,9,11,13,18H,4,7-8,10,12,14H2,1-3H3,(H,23,27). The molecule has 0 saturated heterocycles. The topological polar surface area (TPSA) is 68.1 Å². The van der Waals surface area contributed by atoms with Crippen LogP contribution in [0.2, 0.25) is 0 Å². The van der Waals surface area contributed by atoms with Gasteiger partial charge >= 0.3 is 0 Å². The van der Waals surface area contributed by atoms with Crippen LogP contribution in [0.3, 0.4) is 0 Å². The highest BCUT2D eigenvalue weighted by atomic mass is 32.1. The molecule has 1 amide bonds. The second-order valence-corrected chi connectivity index (χ2v) is 8.86. The molecule has 30 heavy (non-hydrogen) atoms. The molecular weight excluding hydrogens is 400 g/mol. The van der Waals surface area contributed by atoms with E-state index in [1.807, 2.05) is 28.8 Å². The molecule has 0 saturated carbocycles. The molecule has 1 unspecified atom stereocenters. The zero-order chi connectivity index (χ0) is 21.1. The lowest BCUT2D eigenvalue weighted by Gasteiger charge is -2.22. The molecule has 160 valence electrons. The second-order valence-electron chi connectivity index (χ2n) is 7.65. The third-order valence-electron chi connectivity index (χ3n) is 5.32. The number of nitrogens with zero attached hydrogens (tertiary/aromatic N) is 3. The van der Waals surface area contributed by atoms with Crippen LogP contribution in [-0.4, -0.2) is 46.5 Å². The van der Waals surface area contributed by atoms with E-state index in [2.05, 4.69) is 35.2 Å². The fourth-order valence-corrected chi connectivity index (χ4v) is 4.52. The Morgan fingerprint density at radius 1 is 1.40 bits per heavy atom. The van der Waals surface area contributed by atoms with Crippen LogP contribution in [0, 0.1) is 6.92 Å². The number of thiazole rings is 1. The SMILES string of the molecule is CCC1CN(CCC(=O)NCc2cn3cc(C)sc3n2)Cc2cc(OC)ccc2O1. The number of fused-ring (bicyclic) bond motifs is 2. The van der Waals surface area contributed by atoms with Gasteiger partial charge in [0.2, 0.25) is 5.91 Å². The maximum atomic E-state index is 12.4. The molecule has 1 aliphatic heterocycles. The number of imidazole rings is 1. The molecule has 1 aliphatic rings. The van der Waals surface area contributed by atoms with Crippen molar-refractivity contribution in [1.82, 2.24) is 19.6 Å². The summed E-state index contributed by atoms with van der Waals surface area (Å²) < 4.78 is 13.5. The maximum Gasteiger partial charge on any atom is 0.221 e. The lowest BCUT2D eigenvalue weighted by molar-refractivity contribution is -0.121. The molecule has 2 aromatic heterocycles. The highest BCUT2D eigenvalue weighted by Gasteiger charge is 2.22. The molecule has 0 radical (unpaired) electrons. The zero-order valence-corrected chi connectivity index (χ0v) is 18.5. The molecule has 0 aliphatic carbocycles. The lowest BCUT2D eigenvalue weighted by atomic mass is 10.1. The highest BCUT2D eigenvalue weighted by molar-refractivity contribution is 7.16. The van der Waals surface area contributed by atoms with Gasteiger partial charge in [-0.25, -0.2) is 4.98 Å². The van der Waals surface area contributed by atoms with E-state index in [1.165, 1.54) is 4.88 Å². The van der Waals surface area contributed by atoms with E-state index < -0.39 is 0 Å². The van der Waals surface area contributed by atoms with Gasteiger partial charge in [-0.1, -0.05) is 6.92 Å². The van der Waals surface area contributed by atoms with Crippen LogP contribution in [-0.2, 0) is 17.9 Å². The van der Waals surface area contributed by atoms with Crippen molar-refractivity contribution < 1.29 is 14.3 Å². The summed E-state index contributed by atoms with van der Waals surface area (Å²) in [6, 6.07) is 5.92. The Hall–Kier alpha value is -2.58. The van der Waals surface area contributed by atoms with Crippen molar-refractivity contribution in [2.75, 3.05) is 20.2 Å². The maximum absolute atomic E-state index is 12.4. The van der Waals surface area contributed by atoms with Crippen molar-refractivity contribution in [2.24, 2.45) is 0 Å². The first-order chi connectivity index (χ1) is 14.5. The Balaban J connectivity index is 1.33. The minimum atomic E-state index is 0.0339. The third-order valence-corrected chi connectivity index (χ3v) is 6.23. The van der Waals surface area contributed by atoms with E-state index in [0.29, 0.717) is 19.5 Å². The number of rotatable bonds is 7. The number of nitrogens with one attached hydrogen (secondary N) is 1. The number of carbonyl (C=O) groups excluding carboxylic acids is 1. The molecule has 1 aromatic carbocycles. The van der Waals surface area contributed by atoms with Gasteiger partial charge in [-0.05, 0) is 31.5 Å². The molecule has 3 aromatic rings. The number of hydrogen-bond acceptors (Lipinski definition) is 6. The minimum Gasteiger partial charge on any atom is -0.497 e. The zero-order valence-electron chi connectivity index (χ0n) is 17.7. The van der Waals surface area contributed by atoms with Crippen molar-refractivity contribution in [3.8, 4) is 11.5 Å². The van der Waals surface area contributed by atoms with Crippen LogP contribution < -0.4 is 14.8 Å². The monoisotopic (exact) mass is 428 g/mol. The van der Waals surface area contributed by atoms with Crippen molar-refractivity contribution in [3.05, 3.63) is 46.7 Å². The number of hydrogen-bond donors (Lipinski definition) is 1. The van der Waals surface area contributed by atoms with Crippen molar-refractivity contribution >= 4 is 22.2 Å². The molecule has 0 fully saturated rings. The minimum absolute atomic E-state index is 0.0339. The molecule has 0 spiro atoms. The van der Waals surface area contributed by atoms with E-state index in [4.69, 9.17) is 9.47 Å². The first-order valence-electron chi connectivity index (χ1n) is 10.3. The van der Waals surface area contributed by atoms with Crippen LogP contribution in [0.4, 0.5) is 0 Å². The number of amides is 1. The molecular formula is C22H28N4O3S. The number of aryl methyl sites for hydroxylation is 1. The predicted octanol–water partition coefficient (Wildman–Crippen LogP) is 3.39. The van der Waals surface area contributed by atoms with Gasteiger partial charge < -0.3 is 14.8 Å². The summed E-state index contributed by atoms with van der Waals surface area (Å²) in [6.07, 6.45) is 5.50. The number of carbonyl (C=O) groups is 1. The normalized spacial score (nSPS) is 16.7. The molecule has 4 rings (SSSR count). The quantitative estimate of drug-likeness (QED) is 0.625. The average molecular weight is 429 g/mol. The Bertz CT molecular complexity index is 997. The van der Waals surface area contributed by atoms with Crippen molar-refractivity contribution in [3.63, 3.8) is 0 Å². The predicted molar refractivity (Wildman–Crippen MR) is 117 cm³/mol. The van der Waals surface area contributed by atoms with Gasteiger partial charge in [0.05, 0.1) is 19.3 Å². The van der Waals surface area contributed by atoms with Gasteiger partial charge in [0.1, 0.15) is 17.6 Å². The Morgan fingerprint density at radius 2 is 2.27 bits per heavy atom. The van der Waals surface area contributed by atoms with E-state index >= 15 is 0 Å². The highest BCUT2D eigenvalue weighted by Crippen LogP contribution is 2.29. The van der Waals surface area contributed by atoms with Gasteiger partial charge in [-0.2, -0.15) is 0 Å². The summed E-state index contributed by atoms with van der Waals surface area (Å²) in [5, 5.41) is 2.99. The summed E-state index contributed by atoms with van der Waals surface area (Å²) in [6.45, 7) is 6.87. The van der Waals surface area contributed by atoms with Gasteiger partial charge in [-0.15, -0.1) is 11.3 Å². The van der Waals surface area contributed by atoms with Crippen LogP contribution in [0.5, 0.6) is 11.5 Å². The molecule has 8 heteroatoms. The van der Waals surface area contributed by atoms with Gasteiger partial charge in [-0.3, -0.25) is 14.1 Å². The van der Waals surface area contributed by atoms with Gasteiger partial charge in [0.15, 0.2) is 4.96 Å². The van der Waals surface area contributed by atoms with Crippen molar-refractivity contribution in [2.45, 2.75) is 45.9 Å². The Labute approximate surface area is 180 Å². The summed E-state index contributed by atoms with van der Waals surface area (Å²) in [4.78, 5) is 21.5. The van der Waals surface area contributed by atoms with Crippen molar-refractivity contribution in [1.29, 1.82) is 0 Å². The third kappa shape index (κ3) is 4.76. The smallest absolute Gasteiger partial charge is 0.221 e. The van der Waals surface area contributed by atoms with Crippen LogP contribution in [0.15, 0.2) is 30.6 Å². The molecule has 0 bridgehead atoms. The van der Waals surface area contributed by atoms with E-state index in [0.717, 1.165) is 47.2 Å². The van der Waals surface area contributed by atoms with E-state index in [-0.39, 0.29) is 12.0 Å². The van der Waals surface area contributed by atoms with Gasteiger partial charge in [0, 0.05) is 48.9 Å². The molecule has 1 atom stereocenters. The fourth-order valence-electron chi connectivity index (χ4n) is 3.70. The number of ether oxygens (including phenoxy) is 2. The molecule has 3 heterocycles. The Morgan fingerprint density at radius 3 is 3.03 bits per heavy atom.